The van der Waals surface area contributed by atoms with Crippen molar-refractivity contribution in [3.05, 3.63) is 58.9 Å². The monoisotopic (exact) mass is 367 g/mol. The summed E-state index contributed by atoms with van der Waals surface area (Å²) in [5, 5.41) is 0. The number of likely N-dealkylation sites (tertiary alicyclic amines) is 1. The fourth-order valence-corrected chi connectivity index (χ4v) is 4.69. The van der Waals surface area contributed by atoms with Crippen molar-refractivity contribution < 1.29 is 18.7 Å². The van der Waals surface area contributed by atoms with Gasteiger partial charge in [-0.25, -0.2) is 4.39 Å². The Kier molecular flexibility index (Phi) is 4.12. The highest BCUT2D eigenvalue weighted by molar-refractivity contribution is 6.04. The average molecular weight is 367 g/mol. The van der Waals surface area contributed by atoms with Gasteiger partial charge in [0.25, 0.3) is 0 Å². The second-order valence-corrected chi connectivity index (χ2v) is 7.57. The predicted octanol–water partition coefficient (Wildman–Crippen LogP) is 3.58. The summed E-state index contributed by atoms with van der Waals surface area (Å²) >= 11 is 0. The molecule has 5 heteroatoms. The van der Waals surface area contributed by atoms with Crippen molar-refractivity contribution in [1.29, 1.82) is 0 Å². The molecule has 0 radical (unpaired) electrons. The fourth-order valence-electron chi connectivity index (χ4n) is 4.69. The fraction of sp³-hybridized carbons (Fsp3) is 0.409. The third-order valence-electron chi connectivity index (χ3n) is 6.06. The summed E-state index contributed by atoms with van der Waals surface area (Å²) in [6.45, 7) is 2.91. The van der Waals surface area contributed by atoms with Gasteiger partial charge in [0.2, 0.25) is 0 Å². The van der Waals surface area contributed by atoms with Gasteiger partial charge >= 0.3 is 0 Å². The Morgan fingerprint density at radius 1 is 1.04 bits per heavy atom. The van der Waals surface area contributed by atoms with Crippen molar-refractivity contribution in [1.82, 2.24) is 4.90 Å². The van der Waals surface area contributed by atoms with Gasteiger partial charge < -0.3 is 9.47 Å². The molecule has 0 saturated carbocycles. The highest BCUT2D eigenvalue weighted by Gasteiger charge is 2.37. The van der Waals surface area contributed by atoms with Crippen LogP contribution in [0.2, 0.25) is 0 Å². The largest absolute Gasteiger partial charge is 0.486 e. The summed E-state index contributed by atoms with van der Waals surface area (Å²) in [4.78, 5) is 15.0. The Labute approximate surface area is 157 Å². The maximum atomic E-state index is 13.5. The minimum absolute atomic E-state index is 0.136. The SMILES string of the molecule is O=C1c2ccc(F)cc2CC1N1CCC(c2cccc3c2OCCO3)CC1. The molecule has 140 valence electrons. The van der Waals surface area contributed by atoms with Crippen molar-refractivity contribution in [3.8, 4) is 11.5 Å². The number of carbonyl (C=O) groups is 1. The molecule has 1 unspecified atom stereocenters. The number of ether oxygens (including phenoxy) is 2. The highest BCUT2D eigenvalue weighted by Crippen LogP contribution is 2.42. The number of Topliss-reactive ketones (excluding diaryl/α,β-unsaturated/α-hetero) is 1. The summed E-state index contributed by atoms with van der Waals surface area (Å²) in [5.74, 6) is 2.01. The zero-order valence-electron chi connectivity index (χ0n) is 15.1. The maximum absolute atomic E-state index is 13.5. The molecule has 1 saturated heterocycles. The van der Waals surface area contributed by atoms with Crippen LogP contribution >= 0.6 is 0 Å². The smallest absolute Gasteiger partial charge is 0.180 e. The molecule has 0 spiro atoms. The molecule has 0 amide bonds. The molecule has 0 N–H and O–H groups in total. The molecular formula is C22H22FNO3. The molecule has 2 aliphatic heterocycles. The van der Waals surface area contributed by atoms with E-state index in [0.29, 0.717) is 31.1 Å². The van der Waals surface area contributed by atoms with Crippen LogP contribution < -0.4 is 9.47 Å². The second kappa shape index (κ2) is 6.64. The molecule has 1 fully saturated rings. The van der Waals surface area contributed by atoms with Gasteiger partial charge in [-0.2, -0.15) is 0 Å². The molecule has 3 aliphatic rings. The van der Waals surface area contributed by atoms with E-state index in [1.807, 2.05) is 12.1 Å². The zero-order valence-corrected chi connectivity index (χ0v) is 15.1. The van der Waals surface area contributed by atoms with Crippen molar-refractivity contribution in [3.63, 3.8) is 0 Å². The predicted molar refractivity (Wildman–Crippen MR) is 99.2 cm³/mol. The molecule has 1 atom stereocenters. The van der Waals surface area contributed by atoms with Gasteiger partial charge in [0.15, 0.2) is 17.3 Å². The lowest BCUT2D eigenvalue weighted by atomic mass is 9.87. The first kappa shape index (κ1) is 16.8. The van der Waals surface area contributed by atoms with Gasteiger partial charge in [0, 0.05) is 11.1 Å². The Morgan fingerprint density at radius 2 is 1.85 bits per heavy atom. The van der Waals surface area contributed by atoms with Crippen LogP contribution in [0.5, 0.6) is 11.5 Å². The van der Waals surface area contributed by atoms with Crippen LogP contribution in [0.25, 0.3) is 0 Å². The van der Waals surface area contributed by atoms with Gasteiger partial charge in [0.05, 0.1) is 6.04 Å². The maximum Gasteiger partial charge on any atom is 0.180 e. The third kappa shape index (κ3) is 2.90. The summed E-state index contributed by atoms with van der Waals surface area (Å²) in [7, 11) is 0. The van der Waals surface area contributed by atoms with Gasteiger partial charge in [-0.3, -0.25) is 9.69 Å². The lowest BCUT2D eigenvalue weighted by Gasteiger charge is -2.36. The number of rotatable bonds is 2. The number of ketones is 1. The lowest BCUT2D eigenvalue weighted by Crippen LogP contribution is -2.44. The van der Waals surface area contributed by atoms with Crippen LogP contribution in [-0.2, 0) is 6.42 Å². The van der Waals surface area contributed by atoms with Crippen LogP contribution in [0.4, 0.5) is 4.39 Å². The second-order valence-electron chi connectivity index (χ2n) is 7.57. The first-order valence-corrected chi connectivity index (χ1v) is 9.66. The summed E-state index contributed by atoms with van der Waals surface area (Å²) in [6.07, 6.45) is 2.58. The van der Waals surface area contributed by atoms with E-state index in [4.69, 9.17) is 9.47 Å². The lowest BCUT2D eigenvalue weighted by molar-refractivity contribution is 0.0796. The number of fused-ring (bicyclic) bond motifs is 2. The van der Waals surface area contributed by atoms with Gasteiger partial charge in [0.1, 0.15) is 19.0 Å². The molecule has 0 aromatic heterocycles. The number of piperidine rings is 1. The van der Waals surface area contributed by atoms with E-state index in [1.54, 1.807) is 6.07 Å². The normalized spacial score (nSPS) is 22.7. The zero-order chi connectivity index (χ0) is 18.4. The molecule has 1 aliphatic carbocycles. The van der Waals surface area contributed by atoms with Crippen LogP contribution in [0.3, 0.4) is 0 Å². The van der Waals surface area contributed by atoms with E-state index in [9.17, 15) is 9.18 Å². The van der Waals surface area contributed by atoms with Crippen molar-refractivity contribution in [2.24, 2.45) is 0 Å². The minimum atomic E-state index is -0.267. The van der Waals surface area contributed by atoms with Crippen LogP contribution in [0.1, 0.15) is 40.2 Å². The van der Waals surface area contributed by atoms with Crippen molar-refractivity contribution >= 4 is 5.78 Å². The molecule has 4 nitrogen and oxygen atoms in total. The van der Waals surface area contributed by atoms with E-state index in [1.165, 1.54) is 17.7 Å². The topological polar surface area (TPSA) is 38.8 Å². The third-order valence-corrected chi connectivity index (χ3v) is 6.06. The van der Waals surface area contributed by atoms with Crippen molar-refractivity contribution in [2.75, 3.05) is 26.3 Å². The van der Waals surface area contributed by atoms with E-state index in [-0.39, 0.29) is 17.6 Å². The van der Waals surface area contributed by atoms with Gasteiger partial charge in [-0.05, 0) is 68.1 Å². The van der Waals surface area contributed by atoms with Crippen LogP contribution in [0, 0.1) is 5.82 Å². The van der Waals surface area contributed by atoms with E-state index < -0.39 is 0 Å². The number of benzene rings is 2. The van der Waals surface area contributed by atoms with Gasteiger partial charge in [-0.1, -0.05) is 12.1 Å². The standard InChI is InChI=1S/C22H22FNO3/c23-16-4-5-17-15(12-16)13-19(21(17)25)24-8-6-14(7-9-24)18-2-1-3-20-22(18)27-11-10-26-20/h1-5,12,14,19H,6-11,13H2. The average Bonchev–Trinajstić information content (AvgIpc) is 3.03. The Hall–Kier alpha value is -2.40. The van der Waals surface area contributed by atoms with Crippen LogP contribution in [0.15, 0.2) is 36.4 Å². The summed E-state index contributed by atoms with van der Waals surface area (Å²) in [6, 6.07) is 10.5. The van der Waals surface area contributed by atoms with Gasteiger partial charge in [-0.15, -0.1) is 0 Å². The number of nitrogens with zero attached hydrogens (tertiary/aromatic N) is 1. The highest BCUT2D eigenvalue weighted by atomic mass is 19.1. The minimum Gasteiger partial charge on any atom is -0.486 e. The number of hydrogen-bond acceptors (Lipinski definition) is 4. The number of para-hydroxylation sites is 1. The molecule has 2 aromatic rings. The van der Waals surface area contributed by atoms with E-state index >= 15 is 0 Å². The quantitative estimate of drug-likeness (QED) is 0.813. The Balaban J connectivity index is 1.30. The number of halogens is 1. The summed E-state index contributed by atoms with van der Waals surface area (Å²) < 4.78 is 25.1. The van der Waals surface area contributed by atoms with E-state index in [0.717, 1.165) is 43.0 Å². The molecule has 27 heavy (non-hydrogen) atoms. The Bertz CT molecular complexity index is 889. The van der Waals surface area contributed by atoms with E-state index in [2.05, 4.69) is 11.0 Å². The molecular weight excluding hydrogens is 345 g/mol. The first-order valence-electron chi connectivity index (χ1n) is 9.66. The molecule has 5 rings (SSSR count). The molecule has 2 aromatic carbocycles. The first-order chi connectivity index (χ1) is 13.2. The Morgan fingerprint density at radius 3 is 2.70 bits per heavy atom. The molecule has 2 heterocycles. The van der Waals surface area contributed by atoms with Crippen LogP contribution in [-0.4, -0.2) is 43.0 Å². The summed E-state index contributed by atoms with van der Waals surface area (Å²) in [5.41, 5.74) is 2.75. The number of hydrogen-bond donors (Lipinski definition) is 0. The van der Waals surface area contributed by atoms with Crippen molar-refractivity contribution in [2.45, 2.75) is 31.2 Å². The molecule has 0 bridgehead atoms. The number of carbonyl (C=O) groups excluding carboxylic acids is 1.